The lowest BCUT2D eigenvalue weighted by atomic mass is 9.82. The van der Waals surface area contributed by atoms with Crippen molar-refractivity contribution in [1.29, 1.82) is 0 Å². The second-order valence-corrected chi connectivity index (χ2v) is 9.90. The van der Waals surface area contributed by atoms with Gasteiger partial charge in [-0.05, 0) is 35.2 Å². The van der Waals surface area contributed by atoms with Gasteiger partial charge in [0.2, 0.25) is 0 Å². The number of nitrogens with zero attached hydrogens (tertiary/aromatic N) is 2. The van der Waals surface area contributed by atoms with E-state index in [1.807, 2.05) is 6.34 Å². The van der Waals surface area contributed by atoms with Gasteiger partial charge in [-0.3, -0.25) is 4.99 Å². The Morgan fingerprint density at radius 3 is 2.14 bits per heavy atom. The fraction of sp³-hybridized carbons (Fsp3) is 0.560. The molecule has 0 radical (unpaired) electrons. The minimum Gasteiger partial charge on any atom is -0.354 e. The fourth-order valence-electron chi connectivity index (χ4n) is 5.88. The molecular weight excluding hydrogens is 360 g/mol. The first-order valence-corrected chi connectivity index (χ1v) is 10.5. The third-order valence-electron chi connectivity index (χ3n) is 8.23. The van der Waals surface area contributed by atoms with E-state index in [2.05, 4.69) is 83.0 Å². The predicted octanol–water partition coefficient (Wildman–Crippen LogP) is 4.79. The molecule has 2 unspecified atom stereocenters. The lowest BCUT2D eigenvalue weighted by Gasteiger charge is -2.30. The van der Waals surface area contributed by atoms with Crippen LogP contribution in [-0.4, -0.2) is 49.9 Å². The van der Waals surface area contributed by atoms with E-state index in [-0.39, 0.29) is 22.4 Å². The van der Waals surface area contributed by atoms with Crippen molar-refractivity contribution in [2.45, 2.75) is 63.8 Å². The van der Waals surface area contributed by atoms with Crippen LogP contribution in [0.25, 0.3) is 10.8 Å². The number of rotatable bonds is 5. The minimum atomic E-state index is -0.632. The van der Waals surface area contributed by atoms with E-state index in [0.29, 0.717) is 0 Å². The molecule has 2 aliphatic carbocycles. The molecule has 0 aliphatic heterocycles. The number of hydrogen-bond donors (Lipinski definition) is 0. The molecule has 0 N–H and O–H groups in total. The lowest BCUT2D eigenvalue weighted by Crippen LogP contribution is -2.41. The first kappa shape index (κ1) is 20.4. The maximum absolute atomic E-state index is 5.83. The summed E-state index contributed by atoms with van der Waals surface area (Å²) in [6.07, 6.45) is 2.97. The van der Waals surface area contributed by atoms with Crippen LogP contribution >= 0.6 is 0 Å². The van der Waals surface area contributed by atoms with Crippen LogP contribution in [0.4, 0.5) is 0 Å². The molecule has 1 fully saturated rings. The van der Waals surface area contributed by atoms with Gasteiger partial charge in [-0.1, -0.05) is 64.1 Å². The quantitative estimate of drug-likeness (QED) is 0.415. The van der Waals surface area contributed by atoms with Crippen LogP contribution in [0.3, 0.4) is 0 Å². The zero-order valence-corrected chi connectivity index (χ0v) is 19.0. The Kier molecular flexibility index (Phi) is 4.42. The summed E-state index contributed by atoms with van der Waals surface area (Å²) < 4.78 is 11.7. The highest BCUT2D eigenvalue weighted by Gasteiger charge is 2.84. The molecule has 0 saturated heterocycles. The standard InChI is InChI=1S/C25H34N2O2/c1-22(2)20-14-18-12-10-9-11-17(18)13-19(20)15-21(22)26-16-27(6)24(5)23(3,4)25(24,28-7)29-8/h9-14,16,21H,15H2,1-8H3/b26-16-. The fourth-order valence-corrected chi connectivity index (χ4v) is 5.88. The second-order valence-electron chi connectivity index (χ2n) is 9.90. The first-order valence-electron chi connectivity index (χ1n) is 10.5. The summed E-state index contributed by atoms with van der Waals surface area (Å²) in [5, 5.41) is 2.61. The van der Waals surface area contributed by atoms with Crippen LogP contribution in [0.2, 0.25) is 0 Å². The molecule has 4 rings (SSSR count). The van der Waals surface area contributed by atoms with E-state index < -0.39 is 5.79 Å². The van der Waals surface area contributed by atoms with Crippen LogP contribution in [0.15, 0.2) is 41.4 Å². The molecule has 0 spiro atoms. The molecular formula is C25H34N2O2. The Balaban J connectivity index is 1.62. The monoisotopic (exact) mass is 394 g/mol. The van der Waals surface area contributed by atoms with E-state index in [9.17, 15) is 0 Å². The molecule has 1 saturated carbocycles. The Labute approximate surface area is 174 Å². The molecule has 2 aliphatic rings. The van der Waals surface area contributed by atoms with Crippen LogP contribution in [0, 0.1) is 5.41 Å². The van der Waals surface area contributed by atoms with Crippen molar-refractivity contribution < 1.29 is 9.47 Å². The van der Waals surface area contributed by atoms with E-state index in [1.165, 1.54) is 21.9 Å². The highest BCUT2D eigenvalue weighted by atomic mass is 16.7. The molecule has 0 aromatic heterocycles. The number of fused-ring (bicyclic) bond motifs is 2. The molecule has 0 bridgehead atoms. The number of hydrogen-bond acceptors (Lipinski definition) is 3. The molecule has 2 aromatic rings. The van der Waals surface area contributed by atoms with Crippen molar-refractivity contribution in [3.63, 3.8) is 0 Å². The van der Waals surface area contributed by atoms with E-state index >= 15 is 0 Å². The normalized spacial score (nSPS) is 28.6. The van der Waals surface area contributed by atoms with Gasteiger partial charge in [0.1, 0.15) is 5.54 Å². The zero-order valence-electron chi connectivity index (χ0n) is 19.0. The van der Waals surface area contributed by atoms with Crippen molar-refractivity contribution >= 4 is 17.1 Å². The molecule has 2 aromatic carbocycles. The van der Waals surface area contributed by atoms with Crippen LogP contribution in [0.1, 0.15) is 45.7 Å². The Hall–Kier alpha value is -1.91. The van der Waals surface area contributed by atoms with E-state index in [1.54, 1.807) is 14.2 Å². The molecule has 0 amide bonds. The minimum absolute atomic E-state index is 0.00369. The number of methoxy groups -OCH3 is 2. The Morgan fingerprint density at radius 2 is 1.59 bits per heavy atom. The Bertz CT molecular complexity index is 974. The predicted molar refractivity (Wildman–Crippen MR) is 120 cm³/mol. The third-order valence-corrected chi connectivity index (χ3v) is 8.23. The van der Waals surface area contributed by atoms with Crippen molar-refractivity contribution in [2.75, 3.05) is 21.3 Å². The van der Waals surface area contributed by atoms with Gasteiger partial charge >= 0.3 is 0 Å². The van der Waals surface area contributed by atoms with Crippen molar-refractivity contribution in [3.05, 3.63) is 47.5 Å². The lowest BCUT2D eigenvalue weighted by molar-refractivity contribution is -0.167. The van der Waals surface area contributed by atoms with E-state index in [0.717, 1.165) is 6.42 Å². The average Bonchev–Trinajstić information content (AvgIpc) is 2.95. The van der Waals surface area contributed by atoms with Gasteiger partial charge in [0.15, 0.2) is 5.79 Å². The highest BCUT2D eigenvalue weighted by molar-refractivity contribution is 5.85. The molecule has 4 nitrogen and oxygen atoms in total. The summed E-state index contributed by atoms with van der Waals surface area (Å²) in [5.41, 5.74) is 2.41. The van der Waals surface area contributed by atoms with Crippen molar-refractivity contribution in [2.24, 2.45) is 10.4 Å². The summed E-state index contributed by atoms with van der Waals surface area (Å²) in [5.74, 6) is -0.632. The number of aliphatic imine (C=N–C) groups is 1. The van der Waals surface area contributed by atoms with Gasteiger partial charge in [-0.25, -0.2) is 0 Å². The van der Waals surface area contributed by atoms with Gasteiger partial charge in [0, 0.05) is 32.1 Å². The summed E-state index contributed by atoms with van der Waals surface area (Å²) in [6, 6.07) is 13.5. The largest absolute Gasteiger partial charge is 0.354 e. The third kappa shape index (κ3) is 2.42. The second kappa shape index (κ2) is 6.29. The smallest absolute Gasteiger partial charge is 0.199 e. The van der Waals surface area contributed by atoms with E-state index in [4.69, 9.17) is 14.5 Å². The average molecular weight is 395 g/mol. The molecule has 29 heavy (non-hydrogen) atoms. The maximum Gasteiger partial charge on any atom is 0.199 e. The molecule has 0 heterocycles. The Morgan fingerprint density at radius 1 is 1.00 bits per heavy atom. The zero-order chi connectivity index (χ0) is 21.2. The first-order chi connectivity index (χ1) is 13.6. The maximum atomic E-state index is 5.83. The SMILES string of the molecule is COC1(OC)C(C)(C)C1(C)N(C)/C=N\C1Cc2cc3ccccc3cc2C1(C)C. The van der Waals surface area contributed by atoms with Gasteiger partial charge in [-0.2, -0.15) is 0 Å². The number of ether oxygens (including phenoxy) is 2. The van der Waals surface area contributed by atoms with Gasteiger partial charge in [0.25, 0.3) is 0 Å². The number of benzene rings is 2. The molecule has 4 heteroatoms. The van der Waals surface area contributed by atoms with Crippen molar-refractivity contribution in [1.82, 2.24) is 4.90 Å². The van der Waals surface area contributed by atoms with Gasteiger partial charge in [0.05, 0.1) is 12.4 Å². The summed E-state index contributed by atoms with van der Waals surface area (Å²) >= 11 is 0. The summed E-state index contributed by atoms with van der Waals surface area (Å²) in [4.78, 5) is 7.25. The van der Waals surface area contributed by atoms with Gasteiger partial charge < -0.3 is 14.4 Å². The van der Waals surface area contributed by atoms with Crippen LogP contribution < -0.4 is 0 Å². The van der Waals surface area contributed by atoms with Crippen molar-refractivity contribution in [3.8, 4) is 0 Å². The molecule has 2 atom stereocenters. The highest BCUT2D eigenvalue weighted by Crippen LogP contribution is 2.69. The topological polar surface area (TPSA) is 34.1 Å². The molecule has 156 valence electrons. The number of likely N-dealkylation sites (N-methyl/N-ethyl adjacent to an activating group) is 1. The van der Waals surface area contributed by atoms with Crippen LogP contribution in [-0.2, 0) is 21.3 Å². The van der Waals surface area contributed by atoms with Gasteiger partial charge in [-0.15, -0.1) is 0 Å². The summed E-state index contributed by atoms with van der Waals surface area (Å²) in [7, 11) is 5.53. The summed E-state index contributed by atoms with van der Waals surface area (Å²) in [6.45, 7) is 11.2. The van der Waals surface area contributed by atoms with Crippen LogP contribution in [0.5, 0.6) is 0 Å².